The Morgan fingerprint density at radius 3 is 2.70 bits per heavy atom. The van der Waals surface area contributed by atoms with E-state index in [4.69, 9.17) is 4.74 Å². The normalized spacial score (nSPS) is 16.8. The van der Waals surface area contributed by atoms with Crippen LogP contribution < -0.4 is 20.3 Å². The summed E-state index contributed by atoms with van der Waals surface area (Å²) in [6.07, 6.45) is 1.25. The Morgan fingerprint density at radius 2 is 1.94 bits per heavy atom. The SMILES string of the molecule is CNC(C)C(=O)NC1CCc2ccccc2N(Cc2c(OC)ccc3c(Br)cccc23)C1=O. The van der Waals surface area contributed by atoms with E-state index in [2.05, 4.69) is 26.6 Å². The van der Waals surface area contributed by atoms with Crippen molar-refractivity contribution >= 4 is 44.2 Å². The number of nitrogens with one attached hydrogen (secondary N) is 2. The number of halogens is 1. The largest absolute Gasteiger partial charge is 0.496 e. The highest BCUT2D eigenvalue weighted by molar-refractivity contribution is 9.10. The van der Waals surface area contributed by atoms with Crippen molar-refractivity contribution in [1.82, 2.24) is 10.6 Å². The number of anilines is 1. The third-order valence-electron chi connectivity index (χ3n) is 6.30. The zero-order chi connectivity index (χ0) is 23.5. The van der Waals surface area contributed by atoms with Crippen LogP contribution in [0.5, 0.6) is 5.75 Å². The van der Waals surface area contributed by atoms with Gasteiger partial charge in [0.05, 0.1) is 19.7 Å². The molecule has 6 nitrogen and oxygen atoms in total. The summed E-state index contributed by atoms with van der Waals surface area (Å²) < 4.78 is 6.68. The summed E-state index contributed by atoms with van der Waals surface area (Å²) in [4.78, 5) is 28.2. The van der Waals surface area contributed by atoms with Gasteiger partial charge >= 0.3 is 0 Å². The van der Waals surface area contributed by atoms with Gasteiger partial charge in [0.15, 0.2) is 0 Å². The molecule has 2 atom stereocenters. The average molecular weight is 510 g/mol. The van der Waals surface area contributed by atoms with Gasteiger partial charge in [-0.1, -0.05) is 46.3 Å². The number of fused-ring (bicyclic) bond motifs is 2. The Kier molecular flexibility index (Phi) is 7.00. The lowest BCUT2D eigenvalue weighted by molar-refractivity contribution is -0.128. The second-order valence-corrected chi connectivity index (χ2v) is 9.10. The van der Waals surface area contributed by atoms with E-state index in [1.807, 2.05) is 54.6 Å². The standard InChI is InChI=1S/C26H28BrN3O3/c1-16(28-2)25(31)29-22-13-11-17-7-4-5-10-23(17)30(26(22)32)15-20-18-8-6-9-21(27)19(18)12-14-24(20)33-3/h4-10,12,14,16,22,28H,11,13,15H2,1-3H3,(H,29,31). The van der Waals surface area contributed by atoms with Gasteiger partial charge < -0.3 is 20.3 Å². The van der Waals surface area contributed by atoms with Gasteiger partial charge in [-0.3, -0.25) is 9.59 Å². The maximum Gasteiger partial charge on any atom is 0.249 e. The van der Waals surface area contributed by atoms with E-state index in [1.54, 1.807) is 26.0 Å². The zero-order valence-electron chi connectivity index (χ0n) is 19.0. The first-order chi connectivity index (χ1) is 15.9. The molecule has 0 radical (unpaired) electrons. The third-order valence-corrected chi connectivity index (χ3v) is 7.00. The number of ether oxygens (including phenoxy) is 1. The summed E-state index contributed by atoms with van der Waals surface area (Å²) in [6.45, 7) is 2.11. The van der Waals surface area contributed by atoms with Crippen LogP contribution in [0.2, 0.25) is 0 Å². The van der Waals surface area contributed by atoms with Crippen LogP contribution in [0.15, 0.2) is 59.1 Å². The fraction of sp³-hybridized carbons (Fsp3) is 0.308. The Labute approximate surface area is 202 Å². The molecule has 0 aliphatic carbocycles. The molecule has 0 saturated carbocycles. The molecule has 1 heterocycles. The molecule has 7 heteroatoms. The predicted octanol–water partition coefficient (Wildman–Crippen LogP) is 4.18. The minimum absolute atomic E-state index is 0.120. The molecule has 0 saturated heterocycles. The van der Waals surface area contributed by atoms with Crippen molar-refractivity contribution < 1.29 is 14.3 Å². The lowest BCUT2D eigenvalue weighted by Crippen LogP contribution is -2.52. The van der Waals surface area contributed by atoms with E-state index < -0.39 is 6.04 Å². The van der Waals surface area contributed by atoms with Gasteiger partial charge in [-0.15, -0.1) is 0 Å². The number of nitrogens with zero attached hydrogens (tertiary/aromatic N) is 1. The molecule has 2 unspecified atom stereocenters. The van der Waals surface area contributed by atoms with E-state index in [0.29, 0.717) is 19.4 Å². The topological polar surface area (TPSA) is 70.7 Å². The number of para-hydroxylation sites is 1. The molecule has 3 aromatic carbocycles. The molecule has 1 aliphatic heterocycles. The molecular formula is C26H28BrN3O3. The van der Waals surface area contributed by atoms with Gasteiger partial charge in [0.1, 0.15) is 11.8 Å². The number of carbonyl (C=O) groups excluding carboxylic acids is 2. The van der Waals surface area contributed by atoms with Gasteiger partial charge in [-0.2, -0.15) is 0 Å². The summed E-state index contributed by atoms with van der Waals surface area (Å²) in [5.74, 6) is 0.415. The molecule has 2 amide bonds. The number of likely N-dealkylation sites (N-methyl/N-ethyl adjacent to an activating group) is 1. The lowest BCUT2D eigenvalue weighted by Gasteiger charge is -2.28. The summed E-state index contributed by atoms with van der Waals surface area (Å²) >= 11 is 3.64. The number of amides is 2. The molecule has 2 N–H and O–H groups in total. The first-order valence-electron chi connectivity index (χ1n) is 11.1. The van der Waals surface area contributed by atoms with Crippen molar-refractivity contribution in [2.45, 2.75) is 38.4 Å². The molecule has 33 heavy (non-hydrogen) atoms. The number of carbonyl (C=O) groups is 2. The van der Waals surface area contributed by atoms with Crippen molar-refractivity contribution in [3.05, 3.63) is 70.2 Å². The Morgan fingerprint density at radius 1 is 1.15 bits per heavy atom. The fourth-order valence-corrected chi connectivity index (χ4v) is 4.81. The molecule has 0 aromatic heterocycles. The number of aryl methyl sites for hydroxylation is 1. The van der Waals surface area contributed by atoms with Crippen molar-refractivity contribution in [3.8, 4) is 5.75 Å². The minimum Gasteiger partial charge on any atom is -0.496 e. The molecule has 1 aliphatic rings. The van der Waals surface area contributed by atoms with E-state index in [0.717, 1.165) is 37.8 Å². The van der Waals surface area contributed by atoms with Crippen LogP contribution >= 0.6 is 15.9 Å². The summed E-state index contributed by atoms with van der Waals surface area (Å²) in [5.41, 5.74) is 2.88. The van der Waals surface area contributed by atoms with Crippen molar-refractivity contribution in [3.63, 3.8) is 0 Å². The van der Waals surface area contributed by atoms with Crippen molar-refractivity contribution in [2.75, 3.05) is 19.1 Å². The Bertz CT molecular complexity index is 1200. The number of hydrogen-bond donors (Lipinski definition) is 2. The molecule has 172 valence electrons. The predicted molar refractivity (Wildman–Crippen MR) is 135 cm³/mol. The summed E-state index contributed by atoms with van der Waals surface area (Å²) in [7, 11) is 3.37. The molecule has 0 spiro atoms. The van der Waals surface area contributed by atoms with Crippen molar-refractivity contribution in [1.29, 1.82) is 0 Å². The number of benzene rings is 3. The van der Waals surface area contributed by atoms with Gasteiger partial charge in [0, 0.05) is 15.7 Å². The lowest BCUT2D eigenvalue weighted by atomic mass is 10.0. The highest BCUT2D eigenvalue weighted by Gasteiger charge is 2.33. The fourth-order valence-electron chi connectivity index (χ4n) is 4.31. The van der Waals surface area contributed by atoms with Crippen LogP contribution in [0.3, 0.4) is 0 Å². The zero-order valence-corrected chi connectivity index (χ0v) is 20.6. The molecule has 0 fully saturated rings. The Balaban J connectivity index is 1.78. The van der Waals surface area contributed by atoms with Crippen LogP contribution in [0.1, 0.15) is 24.5 Å². The quantitative estimate of drug-likeness (QED) is 0.522. The van der Waals surface area contributed by atoms with Crippen LogP contribution in [0.4, 0.5) is 5.69 Å². The van der Waals surface area contributed by atoms with Crippen molar-refractivity contribution in [2.24, 2.45) is 0 Å². The Hall–Kier alpha value is -2.90. The van der Waals surface area contributed by atoms with Gasteiger partial charge in [-0.25, -0.2) is 0 Å². The van der Waals surface area contributed by atoms with Gasteiger partial charge in [0.2, 0.25) is 11.8 Å². The van der Waals surface area contributed by atoms with E-state index in [-0.39, 0.29) is 17.9 Å². The van der Waals surface area contributed by atoms with Crippen LogP contribution in [0.25, 0.3) is 10.8 Å². The molecular weight excluding hydrogens is 482 g/mol. The van der Waals surface area contributed by atoms with Gasteiger partial charge in [0.25, 0.3) is 0 Å². The van der Waals surface area contributed by atoms with Crippen LogP contribution in [-0.4, -0.2) is 38.1 Å². The van der Waals surface area contributed by atoms with E-state index in [1.165, 1.54) is 0 Å². The monoisotopic (exact) mass is 509 g/mol. The third kappa shape index (κ3) is 4.61. The maximum absolute atomic E-state index is 13.8. The highest BCUT2D eigenvalue weighted by Crippen LogP contribution is 2.36. The van der Waals surface area contributed by atoms with Gasteiger partial charge in [-0.05, 0) is 67.4 Å². The van der Waals surface area contributed by atoms with E-state index in [9.17, 15) is 9.59 Å². The maximum atomic E-state index is 13.8. The second-order valence-electron chi connectivity index (χ2n) is 8.24. The molecule has 0 bridgehead atoms. The van der Waals surface area contributed by atoms with E-state index >= 15 is 0 Å². The highest BCUT2D eigenvalue weighted by atomic mass is 79.9. The number of rotatable bonds is 6. The first-order valence-corrected chi connectivity index (χ1v) is 11.8. The second kappa shape index (κ2) is 9.93. The minimum atomic E-state index is -0.603. The summed E-state index contributed by atoms with van der Waals surface area (Å²) in [6, 6.07) is 16.9. The smallest absolute Gasteiger partial charge is 0.249 e. The molecule has 4 rings (SSSR count). The molecule has 3 aromatic rings. The van der Waals surface area contributed by atoms with Crippen LogP contribution in [-0.2, 0) is 22.6 Å². The van der Waals surface area contributed by atoms with Crippen LogP contribution in [0, 0.1) is 0 Å². The summed E-state index contributed by atoms with van der Waals surface area (Å²) in [5, 5.41) is 7.96. The first kappa shape index (κ1) is 23.3. The number of methoxy groups -OCH3 is 1. The number of hydrogen-bond acceptors (Lipinski definition) is 4. The average Bonchev–Trinajstić information content (AvgIpc) is 2.96.